The van der Waals surface area contributed by atoms with Gasteiger partial charge in [0.05, 0.1) is 9.79 Å². The summed E-state index contributed by atoms with van der Waals surface area (Å²) in [6.45, 7) is 3.80. The summed E-state index contributed by atoms with van der Waals surface area (Å²) in [4.78, 5) is 20.0. The molecule has 43 heavy (non-hydrogen) atoms. The Morgan fingerprint density at radius 3 is 1.58 bits per heavy atom. The maximum atomic E-state index is 12.8. The third kappa shape index (κ3) is 6.20. The molecule has 0 unspecified atom stereocenters. The number of carbonyl (C=O) groups is 1. The first-order chi connectivity index (χ1) is 20.3. The Labute approximate surface area is 278 Å². The predicted molar refractivity (Wildman–Crippen MR) is 180 cm³/mol. The van der Waals surface area contributed by atoms with Gasteiger partial charge in [-0.3, -0.25) is 4.79 Å². The average Bonchev–Trinajstić information content (AvgIpc) is 3.51. The second-order valence-corrected chi connectivity index (χ2v) is 16.1. The molecule has 0 fully saturated rings. The Bertz CT molecular complexity index is 2230. The number of pyridine rings is 2. The molecule has 6 aromatic rings. The standard InChI is InChI=1S/C15H11BrN2O3S.C14H10BrIN2O2S/c1-10-2-4-13(5-3-10)22(20,21)18-8-11(9-19)14-6-12(16)7-17-15(14)18;1-9-2-4-11(5-3-9)21(19,20)18-8-13(16)12-6-10(15)7-17-14(12)18/h2-9H,1H3;2-8H,1H3. The van der Waals surface area contributed by atoms with Crippen molar-refractivity contribution in [2.45, 2.75) is 23.6 Å². The molecule has 0 atom stereocenters. The number of hydrogen-bond donors (Lipinski definition) is 0. The van der Waals surface area contributed by atoms with E-state index in [-0.39, 0.29) is 21.0 Å². The zero-order valence-corrected chi connectivity index (χ0v) is 29.4. The fourth-order valence-electron chi connectivity index (χ4n) is 4.20. The predicted octanol–water partition coefficient (Wildman–Crippen LogP) is 7.11. The van der Waals surface area contributed by atoms with Crippen molar-refractivity contribution < 1.29 is 21.6 Å². The van der Waals surface area contributed by atoms with Gasteiger partial charge in [0.25, 0.3) is 20.0 Å². The van der Waals surface area contributed by atoms with Crippen molar-refractivity contribution >= 4 is 103 Å². The van der Waals surface area contributed by atoms with Crippen molar-refractivity contribution in [3.8, 4) is 0 Å². The molecular formula is C29H21Br2IN4O5S2. The minimum atomic E-state index is -3.80. The zero-order chi connectivity index (χ0) is 31.1. The molecule has 4 aromatic heterocycles. The van der Waals surface area contributed by atoms with E-state index in [1.165, 1.54) is 28.5 Å². The number of aromatic nitrogens is 4. The van der Waals surface area contributed by atoms with Crippen molar-refractivity contribution in [2.75, 3.05) is 0 Å². The Morgan fingerprint density at radius 1 is 0.698 bits per heavy atom. The molecule has 0 bridgehead atoms. The summed E-state index contributed by atoms with van der Waals surface area (Å²) in [6, 6.07) is 16.9. The SMILES string of the molecule is Cc1ccc(S(=O)(=O)n2cc(C=O)c3cc(Br)cnc32)cc1.Cc1ccc(S(=O)(=O)n2cc(I)c3cc(Br)cnc32)cc1. The molecule has 6 rings (SSSR count). The van der Waals surface area contributed by atoms with Crippen LogP contribution in [0.25, 0.3) is 22.1 Å². The minimum absolute atomic E-state index is 0.150. The molecule has 14 heteroatoms. The van der Waals surface area contributed by atoms with Crippen molar-refractivity contribution in [3.05, 3.63) is 115 Å². The van der Waals surface area contributed by atoms with E-state index in [1.54, 1.807) is 54.9 Å². The summed E-state index contributed by atoms with van der Waals surface area (Å²) in [5.74, 6) is 0. The van der Waals surface area contributed by atoms with Crippen LogP contribution in [0.5, 0.6) is 0 Å². The van der Waals surface area contributed by atoms with E-state index >= 15 is 0 Å². The number of aldehydes is 1. The largest absolute Gasteiger partial charge is 0.298 e. The van der Waals surface area contributed by atoms with Gasteiger partial charge in [0.15, 0.2) is 17.6 Å². The first-order valence-electron chi connectivity index (χ1n) is 12.4. The van der Waals surface area contributed by atoms with Crippen LogP contribution in [-0.4, -0.2) is 41.0 Å². The number of hydrogen-bond acceptors (Lipinski definition) is 7. The molecule has 0 amide bonds. The minimum Gasteiger partial charge on any atom is -0.298 e. The third-order valence-corrected chi connectivity index (χ3v) is 11.5. The van der Waals surface area contributed by atoms with Gasteiger partial charge in [-0.15, -0.1) is 0 Å². The summed E-state index contributed by atoms with van der Waals surface area (Å²) in [6.07, 6.45) is 6.61. The first kappa shape index (κ1) is 31.5. The van der Waals surface area contributed by atoms with Crippen molar-refractivity contribution in [1.82, 2.24) is 17.9 Å². The van der Waals surface area contributed by atoms with Crippen LogP contribution in [0.3, 0.4) is 0 Å². The van der Waals surface area contributed by atoms with Crippen molar-refractivity contribution in [1.29, 1.82) is 0 Å². The quantitative estimate of drug-likeness (QED) is 0.134. The first-order valence-corrected chi connectivity index (χ1v) is 18.0. The highest BCUT2D eigenvalue weighted by molar-refractivity contribution is 14.1. The smallest absolute Gasteiger partial charge is 0.269 e. The normalized spacial score (nSPS) is 11.8. The van der Waals surface area contributed by atoms with Crippen molar-refractivity contribution in [2.24, 2.45) is 0 Å². The van der Waals surface area contributed by atoms with Crippen LogP contribution < -0.4 is 0 Å². The van der Waals surface area contributed by atoms with Gasteiger partial charge < -0.3 is 0 Å². The molecule has 0 aliphatic rings. The average molecular weight is 856 g/mol. The molecule has 0 saturated carbocycles. The Kier molecular flexibility index (Phi) is 8.96. The molecule has 0 aliphatic carbocycles. The fraction of sp³-hybridized carbons (Fsp3) is 0.0690. The third-order valence-electron chi connectivity index (χ3n) is 6.42. The Hall–Kier alpha value is -2.92. The lowest BCUT2D eigenvalue weighted by Crippen LogP contribution is -2.12. The number of nitrogens with zero attached hydrogens (tertiary/aromatic N) is 4. The van der Waals surface area contributed by atoms with Crippen LogP contribution in [-0.2, 0) is 20.0 Å². The van der Waals surface area contributed by atoms with Crippen LogP contribution in [0.4, 0.5) is 0 Å². The molecule has 0 aliphatic heterocycles. The summed E-state index contributed by atoms with van der Waals surface area (Å²) >= 11 is 8.74. The number of benzene rings is 2. The van der Waals surface area contributed by atoms with E-state index in [9.17, 15) is 21.6 Å². The van der Waals surface area contributed by atoms with Crippen LogP contribution in [0.15, 0.2) is 104 Å². The Balaban J connectivity index is 0.000000171. The van der Waals surface area contributed by atoms with Gasteiger partial charge in [0.2, 0.25) is 0 Å². The van der Waals surface area contributed by atoms with E-state index < -0.39 is 20.0 Å². The van der Waals surface area contributed by atoms with Gasteiger partial charge in [-0.1, -0.05) is 35.4 Å². The molecule has 0 spiro atoms. The van der Waals surface area contributed by atoms with E-state index in [0.29, 0.717) is 21.8 Å². The lowest BCUT2D eigenvalue weighted by Gasteiger charge is -2.07. The molecular weight excluding hydrogens is 835 g/mol. The van der Waals surface area contributed by atoms with Gasteiger partial charge in [-0.05, 0) is 105 Å². The summed E-state index contributed by atoms with van der Waals surface area (Å²) in [5.41, 5.74) is 2.92. The van der Waals surface area contributed by atoms with Gasteiger partial charge in [0.1, 0.15) is 0 Å². The fourth-order valence-corrected chi connectivity index (χ4v) is 8.39. The maximum absolute atomic E-state index is 12.8. The summed E-state index contributed by atoms with van der Waals surface area (Å²) < 4.78 is 55.7. The van der Waals surface area contributed by atoms with Gasteiger partial charge >= 0.3 is 0 Å². The number of fused-ring (bicyclic) bond motifs is 2. The highest BCUT2D eigenvalue weighted by atomic mass is 127. The second kappa shape index (κ2) is 12.2. The van der Waals surface area contributed by atoms with Crippen LogP contribution in [0, 0.1) is 17.4 Å². The number of halogens is 3. The summed E-state index contributed by atoms with van der Waals surface area (Å²) in [7, 11) is -7.44. The maximum Gasteiger partial charge on any atom is 0.269 e. The monoisotopic (exact) mass is 854 g/mol. The van der Waals surface area contributed by atoms with Crippen LogP contribution in [0.1, 0.15) is 21.5 Å². The molecule has 220 valence electrons. The molecule has 0 radical (unpaired) electrons. The number of carbonyl (C=O) groups excluding carboxylic acids is 1. The summed E-state index contributed by atoms with van der Waals surface area (Å²) in [5, 5.41) is 1.29. The van der Waals surface area contributed by atoms with Crippen LogP contribution >= 0.6 is 54.5 Å². The Morgan fingerprint density at radius 2 is 1.12 bits per heavy atom. The van der Waals surface area contributed by atoms with E-state index in [4.69, 9.17) is 0 Å². The molecule has 0 N–H and O–H groups in total. The van der Waals surface area contributed by atoms with Crippen molar-refractivity contribution in [3.63, 3.8) is 0 Å². The molecule has 9 nitrogen and oxygen atoms in total. The van der Waals surface area contributed by atoms with E-state index in [0.717, 1.165) is 28.5 Å². The lowest BCUT2D eigenvalue weighted by molar-refractivity contribution is 0.112. The molecule has 0 saturated heterocycles. The van der Waals surface area contributed by atoms with Gasteiger partial charge in [-0.2, -0.15) is 0 Å². The number of rotatable bonds is 5. The molecule has 4 heterocycles. The second-order valence-electron chi connectivity index (χ2n) is 9.46. The van der Waals surface area contributed by atoms with Gasteiger partial charge in [-0.25, -0.2) is 34.7 Å². The van der Waals surface area contributed by atoms with Crippen LogP contribution in [0.2, 0.25) is 0 Å². The van der Waals surface area contributed by atoms with E-state index in [2.05, 4.69) is 64.4 Å². The topological polar surface area (TPSA) is 121 Å². The highest BCUT2D eigenvalue weighted by Crippen LogP contribution is 2.28. The molecule has 2 aromatic carbocycles. The van der Waals surface area contributed by atoms with E-state index in [1.807, 2.05) is 19.9 Å². The zero-order valence-electron chi connectivity index (χ0n) is 22.4. The lowest BCUT2D eigenvalue weighted by atomic mass is 10.2. The number of aryl methyl sites for hydroxylation is 2. The highest BCUT2D eigenvalue weighted by Gasteiger charge is 2.23. The van der Waals surface area contributed by atoms with Gasteiger partial charge in [0, 0.05) is 53.6 Å².